The summed E-state index contributed by atoms with van der Waals surface area (Å²) in [6.07, 6.45) is 0.817. The van der Waals surface area contributed by atoms with Crippen molar-refractivity contribution >= 4 is 23.2 Å². The van der Waals surface area contributed by atoms with Crippen molar-refractivity contribution in [3.63, 3.8) is 0 Å². The van der Waals surface area contributed by atoms with Crippen LogP contribution in [0, 0.1) is 0 Å². The topological polar surface area (TPSA) is 106 Å². The lowest BCUT2D eigenvalue weighted by molar-refractivity contribution is 0.102. The van der Waals surface area contributed by atoms with Crippen LogP contribution in [0.4, 0.5) is 5.69 Å². The minimum Gasteiger partial charge on any atom is -0.490 e. The van der Waals surface area contributed by atoms with Gasteiger partial charge in [-0.3, -0.25) is 14.3 Å². The van der Waals surface area contributed by atoms with Crippen LogP contribution in [0.25, 0.3) is 11.4 Å². The third kappa shape index (κ3) is 4.97. The summed E-state index contributed by atoms with van der Waals surface area (Å²) in [7, 11) is 0. The predicted octanol–water partition coefficient (Wildman–Crippen LogP) is 4.12. The molecule has 1 heterocycles. The average molecular weight is 418 g/mol. The molecular weight excluding hydrogens is 398 g/mol. The Morgan fingerprint density at radius 2 is 2.07 bits per heavy atom. The molecule has 8 nitrogen and oxygen atoms in total. The molecule has 152 valence electrons. The maximum absolute atomic E-state index is 12.7. The monoisotopic (exact) mass is 417 g/mol. The SMILES string of the molecule is CCCOc1c(Cl)cc(C(=O)Nc2cccc(-c3noc(=O)[nH]3)c2)cc1OCC. The highest BCUT2D eigenvalue weighted by Gasteiger charge is 2.17. The molecule has 0 saturated heterocycles. The normalized spacial score (nSPS) is 10.6. The lowest BCUT2D eigenvalue weighted by Gasteiger charge is -2.15. The van der Waals surface area contributed by atoms with Crippen molar-refractivity contribution < 1.29 is 18.8 Å². The molecule has 0 aliphatic carbocycles. The Balaban J connectivity index is 1.84. The van der Waals surface area contributed by atoms with Gasteiger partial charge >= 0.3 is 5.76 Å². The lowest BCUT2D eigenvalue weighted by atomic mass is 10.1. The summed E-state index contributed by atoms with van der Waals surface area (Å²) in [5, 5.41) is 6.72. The zero-order valence-corrected chi connectivity index (χ0v) is 16.7. The lowest BCUT2D eigenvalue weighted by Crippen LogP contribution is -2.13. The van der Waals surface area contributed by atoms with E-state index in [-0.39, 0.29) is 11.7 Å². The van der Waals surface area contributed by atoms with E-state index in [1.165, 1.54) is 6.07 Å². The zero-order valence-electron chi connectivity index (χ0n) is 16.0. The summed E-state index contributed by atoms with van der Waals surface area (Å²) in [5.74, 6) is 0.0697. The van der Waals surface area contributed by atoms with Crippen LogP contribution in [-0.2, 0) is 0 Å². The van der Waals surface area contributed by atoms with Crippen molar-refractivity contribution in [2.75, 3.05) is 18.5 Å². The predicted molar refractivity (Wildman–Crippen MR) is 109 cm³/mol. The van der Waals surface area contributed by atoms with Crippen molar-refractivity contribution in [1.82, 2.24) is 10.1 Å². The molecule has 1 aromatic heterocycles. The molecule has 2 N–H and O–H groups in total. The third-order valence-electron chi connectivity index (χ3n) is 3.86. The molecule has 0 bridgehead atoms. The summed E-state index contributed by atoms with van der Waals surface area (Å²) in [6.45, 7) is 4.72. The molecule has 2 aromatic carbocycles. The van der Waals surface area contributed by atoms with Crippen LogP contribution >= 0.6 is 11.6 Å². The molecule has 0 aliphatic heterocycles. The fraction of sp³-hybridized carbons (Fsp3) is 0.250. The van der Waals surface area contributed by atoms with E-state index in [0.717, 1.165) is 6.42 Å². The van der Waals surface area contributed by atoms with Gasteiger partial charge in [-0.05, 0) is 37.6 Å². The number of carbonyl (C=O) groups excluding carboxylic acids is 1. The maximum atomic E-state index is 12.7. The zero-order chi connectivity index (χ0) is 20.8. The van der Waals surface area contributed by atoms with Gasteiger partial charge in [0.25, 0.3) is 5.91 Å². The second-order valence-electron chi connectivity index (χ2n) is 6.05. The van der Waals surface area contributed by atoms with E-state index in [2.05, 4.69) is 20.0 Å². The molecule has 0 aliphatic rings. The molecule has 0 atom stereocenters. The van der Waals surface area contributed by atoms with Crippen LogP contribution in [0.2, 0.25) is 5.02 Å². The number of nitrogens with one attached hydrogen (secondary N) is 2. The van der Waals surface area contributed by atoms with Crippen LogP contribution < -0.4 is 20.5 Å². The molecule has 29 heavy (non-hydrogen) atoms. The minimum atomic E-state index is -0.655. The Labute approximate surface area is 171 Å². The van der Waals surface area contributed by atoms with E-state index in [9.17, 15) is 9.59 Å². The smallest absolute Gasteiger partial charge is 0.439 e. The van der Waals surface area contributed by atoms with Crippen LogP contribution in [0.5, 0.6) is 11.5 Å². The summed E-state index contributed by atoms with van der Waals surface area (Å²) in [4.78, 5) is 26.3. The number of nitrogens with zero attached hydrogens (tertiary/aromatic N) is 1. The van der Waals surface area contributed by atoms with E-state index in [0.29, 0.717) is 46.5 Å². The van der Waals surface area contributed by atoms with Gasteiger partial charge in [-0.2, -0.15) is 0 Å². The van der Waals surface area contributed by atoms with E-state index in [1.54, 1.807) is 30.3 Å². The Morgan fingerprint density at radius 1 is 1.24 bits per heavy atom. The number of benzene rings is 2. The Bertz CT molecular complexity index is 1060. The highest BCUT2D eigenvalue weighted by Crippen LogP contribution is 2.37. The van der Waals surface area contributed by atoms with E-state index in [4.69, 9.17) is 21.1 Å². The molecule has 0 radical (unpaired) electrons. The first-order valence-electron chi connectivity index (χ1n) is 9.08. The highest BCUT2D eigenvalue weighted by molar-refractivity contribution is 6.32. The summed E-state index contributed by atoms with van der Waals surface area (Å²) >= 11 is 6.32. The first-order valence-corrected chi connectivity index (χ1v) is 9.46. The van der Waals surface area contributed by atoms with Gasteiger partial charge in [-0.25, -0.2) is 4.79 Å². The average Bonchev–Trinajstić information content (AvgIpc) is 3.14. The highest BCUT2D eigenvalue weighted by atomic mass is 35.5. The third-order valence-corrected chi connectivity index (χ3v) is 4.14. The summed E-state index contributed by atoms with van der Waals surface area (Å²) < 4.78 is 15.8. The number of H-pyrrole nitrogens is 1. The number of hydrogen-bond acceptors (Lipinski definition) is 6. The summed E-state index contributed by atoms with van der Waals surface area (Å²) in [5.41, 5.74) is 1.42. The Morgan fingerprint density at radius 3 is 2.76 bits per heavy atom. The first-order chi connectivity index (χ1) is 14.0. The van der Waals surface area contributed by atoms with Gasteiger partial charge in [-0.15, -0.1) is 0 Å². The number of hydrogen-bond donors (Lipinski definition) is 2. The molecule has 3 rings (SSSR count). The molecular formula is C20H20ClN3O5. The molecule has 9 heteroatoms. The molecule has 0 fully saturated rings. The van der Waals surface area contributed by atoms with Crippen molar-refractivity contribution in [3.8, 4) is 22.9 Å². The van der Waals surface area contributed by atoms with Crippen molar-refractivity contribution in [3.05, 3.63) is 57.5 Å². The number of amides is 1. The van der Waals surface area contributed by atoms with Crippen LogP contribution in [0.1, 0.15) is 30.6 Å². The largest absolute Gasteiger partial charge is 0.490 e. The number of carbonyl (C=O) groups is 1. The maximum Gasteiger partial charge on any atom is 0.439 e. The number of halogens is 1. The first kappa shape index (κ1) is 20.5. The van der Waals surface area contributed by atoms with Crippen LogP contribution in [0.3, 0.4) is 0 Å². The van der Waals surface area contributed by atoms with Crippen molar-refractivity contribution in [2.24, 2.45) is 0 Å². The van der Waals surface area contributed by atoms with Gasteiger partial charge in [-0.1, -0.05) is 35.8 Å². The van der Waals surface area contributed by atoms with Gasteiger partial charge in [0, 0.05) is 16.8 Å². The van der Waals surface area contributed by atoms with Gasteiger partial charge in [0.05, 0.1) is 18.2 Å². The van der Waals surface area contributed by atoms with Crippen LogP contribution in [0.15, 0.2) is 45.7 Å². The molecule has 0 unspecified atom stereocenters. The Hall–Kier alpha value is -3.26. The van der Waals surface area contributed by atoms with E-state index >= 15 is 0 Å². The van der Waals surface area contributed by atoms with Gasteiger partial charge < -0.3 is 14.8 Å². The van der Waals surface area contributed by atoms with Crippen molar-refractivity contribution in [1.29, 1.82) is 0 Å². The van der Waals surface area contributed by atoms with Gasteiger partial charge in [0.1, 0.15) is 0 Å². The van der Waals surface area contributed by atoms with Crippen LogP contribution in [-0.4, -0.2) is 29.3 Å². The number of anilines is 1. The molecule has 0 spiro atoms. The summed E-state index contributed by atoms with van der Waals surface area (Å²) in [6, 6.07) is 9.95. The van der Waals surface area contributed by atoms with Gasteiger partial charge in [0.2, 0.25) is 0 Å². The standard InChI is InChI=1S/C20H20ClN3O5/c1-3-8-28-17-15(21)10-13(11-16(17)27-4-2)19(25)22-14-7-5-6-12(9-14)18-23-20(26)29-24-18/h5-7,9-11H,3-4,8H2,1-2H3,(H,22,25)(H,23,24,26). The minimum absolute atomic E-state index is 0.269. The molecule has 0 saturated carbocycles. The number of aromatic amines is 1. The fourth-order valence-electron chi connectivity index (χ4n) is 2.61. The second kappa shape index (κ2) is 9.29. The fourth-order valence-corrected chi connectivity index (χ4v) is 2.87. The van der Waals surface area contributed by atoms with Crippen molar-refractivity contribution in [2.45, 2.75) is 20.3 Å². The number of aromatic nitrogens is 2. The quantitative estimate of drug-likeness (QED) is 0.571. The second-order valence-corrected chi connectivity index (χ2v) is 6.45. The molecule has 1 amide bonds. The van der Waals surface area contributed by atoms with Gasteiger partial charge in [0.15, 0.2) is 17.3 Å². The van der Waals surface area contributed by atoms with E-state index < -0.39 is 5.76 Å². The van der Waals surface area contributed by atoms with E-state index in [1.807, 2.05) is 13.8 Å². The number of ether oxygens (including phenoxy) is 2. The molecule has 3 aromatic rings. The number of rotatable bonds is 8. The Kier molecular flexibility index (Phi) is 6.56.